The first kappa shape index (κ1) is 14.0. The fourth-order valence-electron chi connectivity index (χ4n) is 1.58. The largest absolute Gasteiger partial charge is 0.401 e. The van der Waals surface area contributed by atoms with E-state index in [0.717, 1.165) is 25.7 Å². The minimum atomic E-state index is -4.10. The van der Waals surface area contributed by atoms with E-state index in [1.807, 2.05) is 0 Å². The molecule has 0 aromatic rings. The van der Waals surface area contributed by atoms with Gasteiger partial charge in [-0.1, -0.05) is 0 Å². The van der Waals surface area contributed by atoms with Crippen molar-refractivity contribution < 1.29 is 13.2 Å². The summed E-state index contributed by atoms with van der Waals surface area (Å²) in [6, 6.07) is 0.186. The molecule has 3 N–H and O–H groups in total. The number of alkyl halides is 3. The Morgan fingerprint density at radius 1 is 1.14 bits per heavy atom. The molecule has 1 aliphatic carbocycles. The van der Waals surface area contributed by atoms with Crippen LogP contribution in [-0.4, -0.2) is 24.8 Å². The van der Waals surface area contributed by atoms with Crippen LogP contribution in [0.1, 0.15) is 25.7 Å². The van der Waals surface area contributed by atoms with Crippen molar-refractivity contribution >= 4 is 12.4 Å². The van der Waals surface area contributed by atoms with Gasteiger partial charge in [-0.3, -0.25) is 0 Å². The van der Waals surface area contributed by atoms with Crippen LogP contribution in [0.4, 0.5) is 13.2 Å². The molecular weight excluding hydrogens is 217 g/mol. The van der Waals surface area contributed by atoms with Gasteiger partial charge in [0.1, 0.15) is 0 Å². The van der Waals surface area contributed by atoms with E-state index in [9.17, 15) is 13.2 Å². The van der Waals surface area contributed by atoms with E-state index in [0.29, 0.717) is 0 Å². The zero-order chi connectivity index (χ0) is 9.90. The van der Waals surface area contributed by atoms with Gasteiger partial charge in [-0.05, 0) is 25.7 Å². The van der Waals surface area contributed by atoms with E-state index in [2.05, 4.69) is 5.32 Å². The first-order valence-corrected chi connectivity index (χ1v) is 4.53. The lowest BCUT2D eigenvalue weighted by Crippen LogP contribution is -2.41. The molecule has 0 aliphatic heterocycles. The lowest BCUT2D eigenvalue weighted by molar-refractivity contribution is -0.126. The molecule has 0 spiro atoms. The SMILES string of the molecule is Cl.N[C@H]1CC[C@H](NCC(F)(F)F)CC1. The molecule has 86 valence electrons. The van der Waals surface area contributed by atoms with Crippen molar-refractivity contribution in [3.05, 3.63) is 0 Å². The topological polar surface area (TPSA) is 38.0 Å². The molecular formula is C8H16ClF3N2. The maximum atomic E-state index is 11.8. The Hall–Kier alpha value is -0.0000000000000000555. The molecule has 0 heterocycles. The normalized spacial score (nSPS) is 28.3. The predicted octanol–water partition coefficient (Wildman–Crippen LogP) is 1.83. The summed E-state index contributed by atoms with van der Waals surface area (Å²) in [5, 5.41) is 2.50. The maximum absolute atomic E-state index is 11.8. The van der Waals surface area contributed by atoms with Gasteiger partial charge in [-0.25, -0.2) is 0 Å². The van der Waals surface area contributed by atoms with E-state index < -0.39 is 12.7 Å². The Balaban J connectivity index is 0.00000169. The molecule has 0 unspecified atom stereocenters. The number of nitrogens with one attached hydrogen (secondary N) is 1. The summed E-state index contributed by atoms with van der Waals surface area (Å²) in [6.07, 6.45) is -0.918. The highest BCUT2D eigenvalue weighted by molar-refractivity contribution is 5.85. The maximum Gasteiger partial charge on any atom is 0.401 e. The second-order valence-corrected chi connectivity index (χ2v) is 3.61. The highest BCUT2D eigenvalue weighted by atomic mass is 35.5. The van der Waals surface area contributed by atoms with Gasteiger partial charge in [0, 0.05) is 12.1 Å². The van der Waals surface area contributed by atoms with Crippen molar-refractivity contribution in [3.8, 4) is 0 Å². The molecule has 6 heteroatoms. The number of rotatable bonds is 2. The standard InChI is InChI=1S/C8H15F3N2.ClH/c9-8(10,11)5-13-7-3-1-6(12)2-4-7;/h6-7,13H,1-5,12H2;1H/t6-,7-;. The van der Waals surface area contributed by atoms with Crippen LogP contribution < -0.4 is 11.1 Å². The van der Waals surface area contributed by atoms with Crippen LogP contribution in [0.15, 0.2) is 0 Å². The highest BCUT2D eigenvalue weighted by Gasteiger charge is 2.28. The molecule has 0 amide bonds. The first-order valence-electron chi connectivity index (χ1n) is 4.53. The Morgan fingerprint density at radius 2 is 1.64 bits per heavy atom. The molecule has 0 saturated heterocycles. The van der Waals surface area contributed by atoms with Crippen LogP contribution in [0.25, 0.3) is 0 Å². The first-order chi connectivity index (χ1) is 5.97. The summed E-state index contributed by atoms with van der Waals surface area (Å²) in [5.74, 6) is 0. The van der Waals surface area contributed by atoms with Crippen LogP contribution in [0.3, 0.4) is 0 Å². The second kappa shape index (κ2) is 5.78. The summed E-state index contributed by atoms with van der Waals surface area (Å²) in [7, 11) is 0. The van der Waals surface area contributed by atoms with Crippen molar-refractivity contribution in [2.24, 2.45) is 5.73 Å². The van der Waals surface area contributed by atoms with Gasteiger partial charge in [-0.15, -0.1) is 12.4 Å². The molecule has 0 bridgehead atoms. The highest BCUT2D eigenvalue weighted by Crippen LogP contribution is 2.19. The fourth-order valence-corrected chi connectivity index (χ4v) is 1.58. The van der Waals surface area contributed by atoms with Crippen LogP contribution in [0.5, 0.6) is 0 Å². The minimum Gasteiger partial charge on any atom is -0.328 e. The Kier molecular flexibility index (Phi) is 5.78. The molecule has 14 heavy (non-hydrogen) atoms. The Morgan fingerprint density at radius 3 is 2.07 bits per heavy atom. The van der Waals surface area contributed by atoms with Gasteiger partial charge in [0.2, 0.25) is 0 Å². The summed E-state index contributed by atoms with van der Waals surface area (Å²) in [6.45, 7) is -0.882. The molecule has 1 saturated carbocycles. The average molecular weight is 233 g/mol. The zero-order valence-electron chi connectivity index (χ0n) is 7.81. The number of hydrogen-bond donors (Lipinski definition) is 2. The van der Waals surface area contributed by atoms with E-state index in [1.54, 1.807) is 0 Å². The number of nitrogens with two attached hydrogens (primary N) is 1. The van der Waals surface area contributed by atoms with Crippen molar-refractivity contribution in [2.75, 3.05) is 6.54 Å². The number of halogens is 4. The minimum absolute atomic E-state index is 0. The van der Waals surface area contributed by atoms with Crippen LogP contribution >= 0.6 is 12.4 Å². The van der Waals surface area contributed by atoms with Crippen LogP contribution in [0, 0.1) is 0 Å². The molecule has 1 fully saturated rings. The zero-order valence-corrected chi connectivity index (χ0v) is 8.63. The lowest BCUT2D eigenvalue weighted by atomic mass is 9.92. The summed E-state index contributed by atoms with van der Waals surface area (Å²) >= 11 is 0. The lowest BCUT2D eigenvalue weighted by Gasteiger charge is -2.27. The second-order valence-electron chi connectivity index (χ2n) is 3.61. The molecule has 0 aromatic heterocycles. The van der Waals surface area contributed by atoms with Gasteiger partial charge in [0.15, 0.2) is 0 Å². The van der Waals surface area contributed by atoms with Gasteiger partial charge in [-0.2, -0.15) is 13.2 Å². The van der Waals surface area contributed by atoms with Crippen molar-refractivity contribution in [1.29, 1.82) is 0 Å². The molecule has 1 aliphatic rings. The van der Waals surface area contributed by atoms with Gasteiger partial charge >= 0.3 is 6.18 Å². The van der Waals surface area contributed by atoms with Gasteiger partial charge in [0.25, 0.3) is 0 Å². The van der Waals surface area contributed by atoms with E-state index >= 15 is 0 Å². The van der Waals surface area contributed by atoms with Crippen LogP contribution in [0.2, 0.25) is 0 Å². The van der Waals surface area contributed by atoms with E-state index in [-0.39, 0.29) is 24.5 Å². The quantitative estimate of drug-likeness (QED) is 0.762. The summed E-state index contributed by atoms with van der Waals surface area (Å²) < 4.78 is 35.4. The van der Waals surface area contributed by atoms with E-state index in [1.165, 1.54) is 0 Å². The van der Waals surface area contributed by atoms with Crippen molar-refractivity contribution in [2.45, 2.75) is 43.9 Å². The molecule has 2 nitrogen and oxygen atoms in total. The number of hydrogen-bond acceptors (Lipinski definition) is 2. The molecule has 0 radical (unpaired) electrons. The van der Waals surface area contributed by atoms with Crippen LogP contribution in [-0.2, 0) is 0 Å². The monoisotopic (exact) mass is 232 g/mol. The van der Waals surface area contributed by atoms with Crippen molar-refractivity contribution in [3.63, 3.8) is 0 Å². The Labute approximate surface area is 87.8 Å². The Bertz CT molecular complexity index is 155. The summed E-state index contributed by atoms with van der Waals surface area (Å²) in [5.41, 5.74) is 5.63. The predicted molar refractivity (Wildman–Crippen MR) is 51.5 cm³/mol. The smallest absolute Gasteiger partial charge is 0.328 e. The third kappa shape index (κ3) is 5.67. The third-order valence-electron chi connectivity index (χ3n) is 2.36. The average Bonchev–Trinajstić information content (AvgIpc) is 2.02. The van der Waals surface area contributed by atoms with Gasteiger partial charge in [0.05, 0.1) is 6.54 Å². The summed E-state index contributed by atoms with van der Waals surface area (Å²) in [4.78, 5) is 0. The van der Waals surface area contributed by atoms with Crippen molar-refractivity contribution in [1.82, 2.24) is 5.32 Å². The molecule has 0 atom stereocenters. The van der Waals surface area contributed by atoms with E-state index in [4.69, 9.17) is 5.73 Å². The molecule has 1 rings (SSSR count). The van der Waals surface area contributed by atoms with Gasteiger partial charge < -0.3 is 11.1 Å². The molecule has 0 aromatic carbocycles. The fraction of sp³-hybridized carbons (Fsp3) is 1.00. The third-order valence-corrected chi connectivity index (χ3v) is 2.36.